The number of nitrogens with one attached hydrogen (secondary N) is 1. The van der Waals surface area contributed by atoms with Gasteiger partial charge in [0, 0.05) is 31.9 Å². The maximum absolute atomic E-state index is 12.4. The second-order valence-corrected chi connectivity index (χ2v) is 8.47. The van der Waals surface area contributed by atoms with E-state index in [1.807, 2.05) is 43.3 Å². The molecule has 0 aliphatic carbocycles. The molecule has 0 fully saturated rings. The standard InChI is InChI=1S/C29H27N5O5/c1-34(2)25-14-12-24(13-15-25)33-32-23-10-8-20(9-11-23)27(35)31-16-5-17-39-29(38)22(19-30)18-21-6-3-4-7-26(21)28(36)37/h3-4,6-15,18H,5,16-17H2,1-2H3,(H,31,35)(H,36,37)/b22-18+,33-32+. The van der Waals surface area contributed by atoms with Gasteiger partial charge in [0.15, 0.2) is 0 Å². The van der Waals surface area contributed by atoms with Crippen molar-refractivity contribution in [2.24, 2.45) is 10.2 Å². The zero-order chi connectivity index (χ0) is 28.2. The van der Waals surface area contributed by atoms with Crippen molar-refractivity contribution in [2.45, 2.75) is 6.42 Å². The number of carboxylic acid groups (broad SMARTS) is 1. The van der Waals surface area contributed by atoms with Crippen LogP contribution in [-0.2, 0) is 9.53 Å². The van der Waals surface area contributed by atoms with E-state index >= 15 is 0 Å². The molecule has 0 bridgehead atoms. The minimum Gasteiger partial charge on any atom is -0.478 e. The number of carboxylic acids is 1. The fraction of sp³-hybridized carbons (Fsp3) is 0.172. The molecule has 1 amide bonds. The lowest BCUT2D eigenvalue weighted by Gasteiger charge is -2.11. The summed E-state index contributed by atoms with van der Waals surface area (Å²) >= 11 is 0. The number of amides is 1. The van der Waals surface area contributed by atoms with Gasteiger partial charge in [0.25, 0.3) is 5.91 Å². The van der Waals surface area contributed by atoms with Crippen LogP contribution in [0.4, 0.5) is 17.1 Å². The zero-order valence-electron chi connectivity index (χ0n) is 21.5. The molecule has 2 N–H and O–H groups in total. The van der Waals surface area contributed by atoms with Gasteiger partial charge in [0.1, 0.15) is 11.6 Å². The smallest absolute Gasteiger partial charge is 0.348 e. The zero-order valence-corrected chi connectivity index (χ0v) is 21.5. The van der Waals surface area contributed by atoms with Gasteiger partial charge in [-0.05, 0) is 72.7 Å². The third kappa shape index (κ3) is 8.36. The highest BCUT2D eigenvalue weighted by Crippen LogP contribution is 2.21. The molecule has 3 aromatic carbocycles. The maximum atomic E-state index is 12.4. The van der Waals surface area contributed by atoms with Gasteiger partial charge in [-0.3, -0.25) is 4.79 Å². The van der Waals surface area contributed by atoms with Gasteiger partial charge in [-0.2, -0.15) is 15.5 Å². The molecule has 3 rings (SSSR count). The number of azo groups is 1. The molecule has 10 heteroatoms. The van der Waals surface area contributed by atoms with Gasteiger partial charge in [-0.1, -0.05) is 18.2 Å². The first-order valence-electron chi connectivity index (χ1n) is 12.0. The number of benzene rings is 3. The van der Waals surface area contributed by atoms with E-state index in [0.29, 0.717) is 23.4 Å². The normalized spacial score (nSPS) is 11.1. The quantitative estimate of drug-likeness (QED) is 0.116. The summed E-state index contributed by atoms with van der Waals surface area (Å²) in [7, 11) is 3.92. The first-order valence-corrected chi connectivity index (χ1v) is 12.0. The summed E-state index contributed by atoms with van der Waals surface area (Å²) < 4.78 is 5.10. The highest BCUT2D eigenvalue weighted by molar-refractivity contribution is 6.00. The third-order valence-electron chi connectivity index (χ3n) is 5.45. The summed E-state index contributed by atoms with van der Waals surface area (Å²) in [6.45, 7) is 0.206. The number of aromatic carboxylic acids is 1. The highest BCUT2D eigenvalue weighted by Gasteiger charge is 2.14. The van der Waals surface area contributed by atoms with Crippen LogP contribution in [0.15, 0.2) is 88.6 Å². The summed E-state index contributed by atoms with van der Waals surface area (Å²) in [5, 5.41) is 29.7. The molecule has 0 unspecified atom stereocenters. The first-order chi connectivity index (χ1) is 18.8. The fourth-order valence-corrected chi connectivity index (χ4v) is 3.34. The van der Waals surface area contributed by atoms with Crippen LogP contribution in [0.1, 0.15) is 32.7 Å². The molecule has 3 aromatic rings. The molecule has 0 saturated heterocycles. The van der Waals surface area contributed by atoms with E-state index in [0.717, 1.165) is 5.69 Å². The summed E-state index contributed by atoms with van der Waals surface area (Å²) in [4.78, 5) is 37.9. The van der Waals surface area contributed by atoms with Crippen LogP contribution in [0.3, 0.4) is 0 Å². The Hall–Kier alpha value is -5.30. The lowest BCUT2D eigenvalue weighted by Crippen LogP contribution is -2.25. The number of anilines is 1. The van der Waals surface area contributed by atoms with Gasteiger partial charge < -0.3 is 20.1 Å². The van der Waals surface area contributed by atoms with Gasteiger partial charge in [0.05, 0.1) is 23.5 Å². The van der Waals surface area contributed by atoms with Gasteiger partial charge in [-0.25, -0.2) is 9.59 Å². The van der Waals surface area contributed by atoms with E-state index in [9.17, 15) is 24.8 Å². The summed E-state index contributed by atoms with van der Waals surface area (Å²) in [6.07, 6.45) is 1.50. The molecule has 0 aromatic heterocycles. The van der Waals surface area contributed by atoms with E-state index in [-0.39, 0.29) is 35.8 Å². The molecular weight excluding hydrogens is 498 g/mol. The fourth-order valence-electron chi connectivity index (χ4n) is 3.34. The number of hydrogen-bond acceptors (Lipinski definition) is 8. The predicted molar refractivity (Wildman–Crippen MR) is 146 cm³/mol. The number of carbonyl (C=O) groups excluding carboxylic acids is 2. The maximum Gasteiger partial charge on any atom is 0.348 e. The topological polar surface area (TPSA) is 144 Å². The Morgan fingerprint density at radius 2 is 1.59 bits per heavy atom. The molecule has 198 valence electrons. The molecule has 0 aliphatic heterocycles. The Morgan fingerprint density at radius 3 is 2.18 bits per heavy atom. The lowest BCUT2D eigenvalue weighted by molar-refractivity contribution is -0.138. The predicted octanol–water partition coefficient (Wildman–Crippen LogP) is 5.14. The molecule has 10 nitrogen and oxygen atoms in total. The van der Waals surface area contributed by atoms with E-state index in [1.165, 1.54) is 18.2 Å². The van der Waals surface area contributed by atoms with E-state index < -0.39 is 11.9 Å². The Bertz CT molecular complexity index is 1420. The molecule has 0 saturated carbocycles. The van der Waals surface area contributed by atoms with Crippen molar-refractivity contribution in [2.75, 3.05) is 32.1 Å². The molecule has 39 heavy (non-hydrogen) atoms. The largest absolute Gasteiger partial charge is 0.478 e. The van der Waals surface area contributed by atoms with Crippen LogP contribution in [0, 0.1) is 11.3 Å². The van der Waals surface area contributed by atoms with Gasteiger partial charge in [0.2, 0.25) is 0 Å². The van der Waals surface area contributed by atoms with Crippen LogP contribution in [0.5, 0.6) is 0 Å². The molecule has 0 atom stereocenters. The Balaban J connectivity index is 1.44. The molecular formula is C29H27N5O5. The van der Waals surface area contributed by atoms with Crippen molar-refractivity contribution >= 4 is 41.0 Å². The van der Waals surface area contributed by atoms with Crippen molar-refractivity contribution in [3.05, 3.63) is 95.1 Å². The lowest BCUT2D eigenvalue weighted by atomic mass is 10.1. The highest BCUT2D eigenvalue weighted by atomic mass is 16.5. The average molecular weight is 526 g/mol. The van der Waals surface area contributed by atoms with Crippen molar-refractivity contribution in [3.8, 4) is 6.07 Å². The monoisotopic (exact) mass is 525 g/mol. The number of esters is 1. The van der Waals surface area contributed by atoms with Crippen LogP contribution < -0.4 is 10.2 Å². The average Bonchev–Trinajstić information content (AvgIpc) is 2.95. The van der Waals surface area contributed by atoms with Gasteiger partial charge in [-0.15, -0.1) is 0 Å². The van der Waals surface area contributed by atoms with Crippen LogP contribution in [0.2, 0.25) is 0 Å². The van der Waals surface area contributed by atoms with Crippen molar-refractivity contribution < 1.29 is 24.2 Å². The Kier molecular flexibility index (Phi) is 10.0. The SMILES string of the molecule is CN(C)c1ccc(/N=N/c2ccc(C(=O)NCCCOC(=O)/C(C#N)=C/c3ccccc3C(=O)O)cc2)cc1. The minimum atomic E-state index is -1.17. The molecule has 0 spiro atoms. The van der Waals surface area contributed by atoms with Gasteiger partial charge >= 0.3 is 11.9 Å². The first kappa shape index (κ1) is 28.3. The number of carbonyl (C=O) groups is 3. The van der Waals surface area contributed by atoms with E-state index in [2.05, 4.69) is 15.5 Å². The molecule has 0 aliphatic rings. The number of nitriles is 1. The molecule has 0 heterocycles. The second-order valence-electron chi connectivity index (χ2n) is 8.47. The van der Waals surface area contributed by atoms with Crippen molar-refractivity contribution in [1.82, 2.24) is 5.32 Å². The number of hydrogen-bond donors (Lipinski definition) is 2. The summed E-state index contributed by atoms with van der Waals surface area (Å²) in [5.41, 5.74) is 2.67. The number of nitrogens with zero attached hydrogens (tertiary/aromatic N) is 4. The van der Waals surface area contributed by atoms with Crippen LogP contribution >= 0.6 is 0 Å². The van der Waals surface area contributed by atoms with Crippen LogP contribution in [-0.4, -0.2) is 50.2 Å². The van der Waals surface area contributed by atoms with Crippen LogP contribution in [0.25, 0.3) is 6.08 Å². The summed E-state index contributed by atoms with van der Waals surface area (Å²) in [6, 6.07) is 22.0. The Morgan fingerprint density at radius 1 is 0.974 bits per heavy atom. The molecule has 0 radical (unpaired) electrons. The number of ether oxygens (including phenoxy) is 1. The second kappa shape index (κ2) is 13.9. The van der Waals surface area contributed by atoms with Crippen molar-refractivity contribution in [3.63, 3.8) is 0 Å². The van der Waals surface area contributed by atoms with Crippen molar-refractivity contribution in [1.29, 1.82) is 5.26 Å². The third-order valence-corrected chi connectivity index (χ3v) is 5.45. The summed E-state index contributed by atoms with van der Waals surface area (Å²) in [5.74, 6) is -2.34. The van der Waals surface area contributed by atoms with E-state index in [1.54, 1.807) is 42.5 Å². The Labute approximate surface area is 225 Å². The van der Waals surface area contributed by atoms with E-state index in [4.69, 9.17) is 4.74 Å². The number of rotatable bonds is 11. The minimum absolute atomic E-state index is 0.0342.